The highest BCUT2D eigenvalue weighted by atomic mass is 127. The molecular formula is C15H11IO2. The molecule has 3 heteroatoms. The molecule has 0 amide bonds. The molecule has 1 aliphatic rings. The molecule has 1 aliphatic heterocycles. The molecule has 0 saturated heterocycles. The molecule has 2 aromatic rings. The summed E-state index contributed by atoms with van der Waals surface area (Å²) in [4.78, 5) is 12.3. The minimum Gasteiger partial charge on any atom is -0.483 e. The van der Waals surface area contributed by atoms with Crippen molar-refractivity contribution in [2.45, 2.75) is 10.0 Å². The van der Waals surface area contributed by atoms with Gasteiger partial charge in [0.25, 0.3) is 0 Å². The number of ether oxygens (including phenoxy) is 1. The molecule has 1 heterocycles. The molecule has 2 atom stereocenters. The van der Waals surface area contributed by atoms with Gasteiger partial charge in [-0.05, 0) is 17.7 Å². The lowest BCUT2D eigenvalue weighted by Crippen LogP contribution is -2.31. The predicted octanol–water partition coefficient (Wildman–Crippen LogP) is 3.81. The lowest BCUT2D eigenvalue weighted by molar-refractivity contribution is 0.0880. The molecule has 0 aliphatic carbocycles. The highest BCUT2D eigenvalue weighted by Crippen LogP contribution is 2.38. The maximum atomic E-state index is 12.3. The number of hydrogen-bond acceptors (Lipinski definition) is 2. The van der Waals surface area contributed by atoms with Crippen LogP contribution in [0.25, 0.3) is 0 Å². The average Bonchev–Trinajstić information content (AvgIpc) is 2.44. The van der Waals surface area contributed by atoms with Gasteiger partial charge in [0.15, 0.2) is 5.78 Å². The molecule has 0 fully saturated rings. The molecule has 0 unspecified atom stereocenters. The smallest absolute Gasteiger partial charge is 0.183 e. The first-order valence-corrected chi connectivity index (χ1v) is 7.01. The number of alkyl halides is 1. The summed E-state index contributed by atoms with van der Waals surface area (Å²) in [6.07, 6.45) is -0.200. The fraction of sp³-hybridized carbons (Fsp3) is 0.133. The average molecular weight is 350 g/mol. The summed E-state index contributed by atoms with van der Waals surface area (Å²) in [7, 11) is 0. The number of hydrogen-bond donors (Lipinski definition) is 0. The monoisotopic (exact) mass is 350 g/mol. The van der Waals surface area contributed by atoms with Crippen LogP contribution in [0.3, 0.4) is 0 Å². The number of para-hydroxylation sites is 1. The number of fused-ring (bicyclic) bond motifs is 1. The molecule has 3 rings (SSSR count). The molecule has 0 N–H and O–H groups in total. The number of ketones is 1. The van der Waals surface area contributed by atoms with E-state index < -0.39 is 0 Å². The molecule has 18 heavy (non-hydrogen) atoms. The summed E-state index contributed by atoms with van der Waals surface area (Å²) >= 11 is 2.17. The second kappa shape index (κ2) is 4.72. The van der Waals surface area contributed by atoms with Gasteiger partial charge in [0.1, 0.15) is 15.8 Å². The zero-order chi connectivity index (χ0) is 12.5. The van der Waals surface area contributed by atoms with Crippen molar-refractivity contribution in [3.8, 4) is 5.75 Å². The van der Waals surface area contributed by atoms with E-state index >= 15 is 0 Å². The van der Waals surface area contributed by atoms with Crippen LogP contribution in [0.15, 0.2) is 54.6 Å². The van der Waals surface area contributed by atoms with Crippen molar-refractivity contribution in [2.75, 3.05) is 0 Å². The SMILES string of the molecule is O=C1c2ccccc2O[C@@H](c2ccccc2)[C@H]1I. The third-order valence-electron chi connectivity index (χ3n) is 3.05. The fourth-order valence-electron chi connectivity index (χ4n) is 2.14. The van der Waals surface area contributed by atoms with Crippen molar-refractivity contribution in [3.05, 3.63) is 65.7 Å². The van der Waals surface area contributed by atoms with Gasteiger partial charge in [0.05, 0.1) is 5.56 Å². The van der Waals surface area contributed by atoms with Crippen molar-refractivity contribution in [1.82, 2.24) is 0 Å². The normalized spacial score (nSPS) is 22.2. The molecule has 0 bridgehead atoms. The summed E-state index contributed by atoms with van der Waals surface area (Å²) in [6, 6.07) is 17.3. The second-order valence-corrected chi connectivity index (χ2v) is 5.55. The minimum atomic E-state index is -0.200. The van der Waals surface area contributed by atoms with E-state index in [0.29, 0.717) is 11.3 Å². The molecule has 90 valence electrons. The Morgan fingerprint density at radius 2 is 1.61 bits per heavy atom. The van der Waals surface area contributed by atoms with Crippen molar-refractivity contribution >= 4 is 28.4 Å². The number of halogens is 1. The van der Waals surface area contributed by atoms with Crippen molar-refractivity contribution in [3.63, 3.8) is 0 Å². The van der Waals surface area contributed by atoms with Gasteiger partial charge >= 0.3 is 0 Å². The Kier molecular flexibility index (Phi) is 3.07. The van der Waals surface area contributed by atoms with Crippen LogP contribution in [-0.4, -0.2) is 9.71 Å². The third-order valence-corrected chi connectivity index (χ3v) is 4.27. The van der Waals surface area contributed by atoms with Gasteiger partial charge in [0.2, 0.25) is 0 Å². The molecule has 0 saturated carbocycles. The lowest BCUT2D eigenvalue weighted by Gasteiger charge is -2.29. The second-order valence-electron chi connectivity index (χ2n) is 4.21. The molecule has 0 aromatic heterocycles. The minimum absolute atomic E-state index is 0.145. The van der Waals surface area contributed by atoms with E-state index in [1.165, 1.54) is 0 Å². The van der Waals surface area contributed by atoms with Crippen molar-refractivity contribution < 1.29 is 9.53 Å². The van der Waals surface area contributed by atoms with Crippen LogP contribution in [0.5, 0.6) is 5.75 Å². The summed E-state index contributed by atoms with van der Waals surface area (Å²) in [6.45, 7) is 0. The number of carbonyl (C=O) groups excluding carboxylic acids is 1. The number of Topliss-reactive ketones (excluding diaryl/α,β-unsaturated/α-hetero) is 1. The number of carbonyl (C=O) groups is 1. The molecule has 2 nitrogen and oxygen atoms in total. The van der Waals surface area contributed by atoms with Crippen LogP contribution in [0.2, 0.25) is 0 Å². The standard InChI is InChI=1S/C15H11IO2/c16-13-14(17)11-8-4-5-9-12(11)18-15(13)10-6-2-1-3-7-10/h1-9,13,15H/t13-,15-/m0/s1. The van der Waals surface area contributed by atoms with E-state index in [0.717, 1.165) is 5.56 Å². The Bertz CT molecular complexity index is 580. The van der Waals surface area contributed by atoms with E-state index in [1.54, 1.807) is 0 Å². The zero-order valence-electron chi connectivity index (χ0n) is 9.55. The van der Waals surface area contributed by atoms with Gasteiger partial charge in [0, 0.05) is 0 Å². The van der Waals surface area contributed by atoms with Crippen LogP contribution in [0.4, 0.5) is 0 Å². The third kappa shape index (κ3) is 1.92. The Hall–Kier alpha value is -1.36. The highest BCUT2D eigenvalue weighted by Gasteiger charge is 2.35. The predicted molar refractivity (Wildman–Crippen MR) is 78.4 cm³/mol. The van der Waals surface area contributed by atoms with Crippen LogP contribution in [0, 0.1) is 0 Å². The summed E-state index contributed by atoms with van der Waals surface area (Å²) in [5.41, 5.74) is 1.73. The maximum absolute atomic E-state index is 12.3. The van der Waals surface area contributed by atoms with Gasteiger partial charge in [-0.1, -0.05) is 65.1 Å². The Balaban J connectivity index is 2.04. The van der Waals surface area contributed by atoms with Gasteiger partial charge in [-0.15, -0.1) is 0 Å². The molecule has 2 aromatic carbocycles. The largest absolute Gasteiger partial charge is 0.483 e. The highest BCUT2D eigenvalue weighted by molar-refractivity contribution is 14.1. The Morgan fingerprint density at radius 1 is 0.944 bits per heavy atom. The van der Waals surface area contributed by atoms with Crippen LogP contribution in [-0.2, 0) is 0 Å². The van der Waals surface area contributed by atoms with E-state index in [9.17, 15) is 4.79 Å². The summed E-state index contributed by atoms with van der Waals surface area (Å²) in [5, 5.41) is 0. The quantitative estimate of drug-likeness (QED) is 0.578. The van der Waals surface area contributed by atoms with E-state index in [4.69, 9.17) is 4.74 Å². The van der Waals surface area contributed by atoms with Gasteiger partial charge in [-0.2, -0.15) is 0 Å². The van der Waals surface area contributed by atoms with E-state index in [-0.39, 0.29) is 15.8 Å². The number of benzene rings is 2. The summed E-state index contributed by atoms with van der Waals surface area (Å²) < 4.78 is 5.79. The first-order chi connectivity index (χ1) is 8.77. The maximum Gasteiger partial charge on any atom is 0.183 e. The van der Waals surface area contributed by atoms with Crippen molar-refractivity contribution in [1.29, 1.82) is 0 Å². The molecule has 0 spiro atoms. The summed E-state index contributed by atoms with van der Waals surface area (Å²) in [5.74, 6) is 0.829. The Morgan fingerprint density at radius 3 is 2.39 bits per heavy atom. The zero-order valence-corrected chi connectivity index (χ0v) is 11.7. The Labute approximate surface area is 119 Å². The first-order valence-electron chi connectivity index (χ1n) is 5.76. The fourth-order valence-corrected chi connectivity index (χ4v) is 3.03. The van der Waals surface area contributed by atoms with E-state index in [1.807, 2.05) is 54.6 Å². The van der Waals surface area contributed by atoms with Crippen molar-refractivity contribution in [2.24, 2.45) is 0 Å². The molecule has 0 radical (unpaired) electrons. The van der Waals surface area contributed by atoms with Crippen LogP contribution < -0.4 is 4.74 Å². The van der Waals surface area contributed by atoms with Gasteiger partial charge in [-0.3, -0.25) is 4.79 Å². The van der Waals surface area contributed by atoms with Crippen LogP contribution >= 0.6 is 22.6 Å². The number of rotatable bonds is 1. The van der Waals surface area contributed by atoms with Crippen LogP contribution in [0.1, 0.15) is 22.0 Å². The topological polar surface area (TPSA) is 26.3 Å². The lowest BCUT2D eigenvalue weighted by atomic mass is 9.96. The van der Waals surface area contributed by atoms with Gasteiger partial charge < -0.3 is 4.74 Å². The van der Waals surface area contributed by atoms with E-state index in [2.05, 4.69) is 22.6 Å². The molecular weight excluding hydrogens is 339 g/mol. The van der Waals surface area contributed by atoms with Gasteiger partial charge in [-0.25, -0.2) is 0 Å². The first kappa shape index (κ1) is 11.7.